The highest BCUT2D eigenvalue weighted by atomic mass is 16.5. The molecule has 0 saturated heterocycles. The SMILES string of the molecule is C=CCC1=CC(OC)C(O)(C(C)=O)C=C1. The fourth-order valence-corrected chi connectivity index (χ4v) is 1.57. The summed E-state index contributed by atoms with van der Waals surface area (Å²) in [6.07, 6.45) is 6.82. The average Bonchev–Trinajstić information content (AvgIpc) is 2.21. The fourth-order valence-electron chi connectivity index (χ4n) is 1.57. The Morgan fingerprint density at radius 3 is 2.93 bits per heavy atom. The van der Waals surface area contributed by atoms with E-state index in [-0.39, 0.29) is 5.78 Å². The minimum absolute atomic E-state index is 0.320. The topological polar surface area (TPSA) is 46.5 Å². The molecule has 82 valence electrons. The van der Waals surface area contributed by atoms with Crippen LogP contribution in [-0.4, -0.2) is 29.7 Å². The lowest BCUT2D eigenvalue weighted by molar-refractivity contribution is -0.139. The van der Waals surface area contributed by atoms with Gasteiger partial charge in [0, 0.05) is 7.11 Å². The molecule has 0 bridgehead atoms. The quantitative estimate of drug-likeness (QED) is 0.710. The van der Waals surface area contributed by atoms with Gasteiger partial charge in [-0.3, -0.25) is 4.79 Å². The molecule has 1 aliphatic rings. The zero-order valence-corrected chi connectivity index (χ0v) is 9.06. The van der Waals surface area contributed by atoms with E-state index in [0.717, 1.165) is 5.57 Å². The molecule has 1 rings (SSSR count). The third-order valence-corrected chi connectivity index (χ3v) is 2.55. The second-order valence-electron chi connectivity index (χ2n) is 3.61. The number of allylic oxidation sites excluding steroid dienone is 3. The van der Waals surface area contributed by atoms with Crippen LogP contribution in [0.3, 0.4) is 0 Å². The van der Waals surface area contributed by atoms with Crippen molar-refractivity contribution in [1.29, 1.82) is 0 Å². The monoisotopic (exact) mass is 208 g/mol. The predicted molar refractivity (Wildman–Crippen MR) is 58.5 cm³/mol. The summed E-state index contributed by atoms with van der Waals surface area (Å²) < 4.78 is 5.11. The Bertz CT molecular complexity index is 328. The Labute approximate surface area is 89.7 Å². The highest BCUT2D eigenvalue weighted by Crippen LogP contribution is 2.26. The van der Waals surface area contributed by atoms with Crippen molar-refractivity contribution >= 4 is 5.78 Å². The first kappa shape index (κ1) is 11.9. The molecule has 2 atom stereocenters. The van der Waals surface area contributed by atoms with E-state index in [1.54, 1.807) is 18.2 Å². The van der Waals surface area contributed by atoms with Crippen LogP contribution in [0.1, 0.15) is 13.3 Å². The van der Waals surface area contributed by atoms with E-state index in [1.807, 2.05) is 0 Å². The van der Waals surface area contributed by atoms with Gasteiger partial charge in [0.15, 0.2) is 11.4 Å². The van der Waals surface area contributed by atoms with E-state index in [2.05, 4.69) is 6.58 Å². The fraction of sp³-hybridized carbons (Fsp3) is 0.417. The lowest BCUT2D eigenvalue weighted by atomic mass is 9.85. The number of carbonyl (C=O) groups is 1. The Morgan fingerprint density at radius 2 is 2.47 bits per heavy atom. The molecule has 1 N–H and O–H groups in total. The summed E-state index contributed by atoms with van der Waals surface area (Å²) in [5, 5.41) is 10.1. The number of aliphatic hydroxyl groups is 1. The Hall–Kier alpha value is -1.19. The van der Waals surface area contributed by atoms with E-state index in [9.17, 15) is 9.90 Å². The molecule has 0 amide bonds. The van der Waals surface area contributed by atoms with Gasteiger partial charge in [0.25, 0.3) is 0 Å². The predicted octanol–water partition coefficient (Wildman–Crippen LogP) is 1.39. The smallest absolute Gasteiger partial charge is 0.170 e. The average molecular weight is 208 g/mol. The zero-order chi connectivity index (χ0) is 11.5. The summed E-state index contributed by atoms with van der Waals surface area (Å²) in [6, 6.07) is 0. The summed E-state index contributed by atoms with van der Waals surface area (Å²) in [7, 11) is 1.47. The number of hydrogen-bond donors (Lipinski definition) is 1. The summed E-state index contributed by atoms with van der Waals surface area (Å²) in [5.41, 5.74) is -0.540. The number of Topliss-reactive ketones (excluding diaryl/α,β-unsaturated/α-hetero) is 1. The lowest BCUT2D eigenvalue weighted by Gasteiger charge is -2.31. The van der Waals surface area contributed by atoms with Gasteiger partial charge in [0.05, 0.1) is 0 Å². The number of rotatable bonds is 4. The Morgan fingerprint density at radius 1 is 1.80 bits per heavy atom. The van der Waals surface area contributed by atoms with Crippen LogP contribution in [0.15, 0.2) is 36.5 Å². The van der Waals surface area contributed by atoms with Gasteiger partial charge < -0.3 is 9.84 Å². The molecule has 0 aliphatic heterocycles. The number of ketones is 1. The van der Waals surface area contributed by atoms with Crippen molar-refractivity contribution in [1.82, 2.24) is 0 Å². The van der Waals surface area contributed by atoms with Gasteiger partial charge >= 0.3 is 0 Å². The van der Waals surface area contributed by atoms with Crippen molar-refractivity contribution < 1.29 is 14.6 Å². The molecule has 0 spiro atoms. The van der Waals surface area contributed by atoms with Crippen LogP contribution < -0.4 is 0 Å². The van der Waals surface area contributed by atoms with Crippen LogP contribution >= 0.6 is 0 Å². The largest absolute Gasteiger partial charge is 0.375 e. The normalized spacial score (nSPS) is 29.8. The maximum Gasteiger partial charge on any atom is 0.170 e. The van der Waals surface area contributed by atoms with Gasteiger partial charge in [-0.2, -0.15) is 0 Å². The van der Waals surface area contributed by atoms with Crippen molar-refractivity contribution in [3.63, 3.8) is 0 Å². The minimum Gasteiger partial charge on any atom is -0.375 e. The molecule has 0 fully saturated rings. The first-order valence-electron chi connectivity index (χ1n) is 4.81. The van der Waals surface area contributed by atoms with E-state index in [1.165, 1.54) is 20.1 Å². The van der Waals surface area contributed by atoms with E-state index in [0.29, 0.717) is 6.42 Å². The Kier molecular flexibility index (Phi) is 3.61. The number of hydrogen-bond acceptors (Lipinski definition) is 3. The molecule has 1 aliphatic carbocycles. The molecule has 0 heterocycles. The van der Waals surface area contributed by atoms with E-state index >= 15 is 0 Å². The van der Waals surface area contributed by atoms with Crippen molar-refractivity contribution in [2.75, 3.05) is 7.11 Å². The summed E-state index contributed by atoms with van der Waals surface area (Å²) in [6.45, 7) is 4.98. The summed E-state index contributed by atoms with van der Waals surface area (Å²) >= 11 is 0. The van der Waals surface area contributed by atoms with Crippen LogP contribution in [0, 0.1) is 0 Å². The molecule has 0 saturated carbocycles. The van der Waals surface area contributed by atoms with Crippen LogP contribution in [0.2, 0.25) is 0 Å². The first-order chi connectivity index (χ1) is 7.04. The molecule has 0 aromatic carbocycles. The Balaban J connectivity index is 2.97. The van der Waals surface area contributed by atoms with Gasteiger partial charge in [0.2, 0.25) is 0 Å². The lowest BCUT2D eigenvalue weighted by Crippen LogP contribution is -2.48. The van der Waals surface area contributed by atoms with Crippen molar-refractivity contribution in [2.24, 2.45) is 0 Å². The second kappa shape index (κ2) is 4.55. The molecule has 0 radical (unpaired) electrons. The van der Waals surface area contributed by atoms with Gasteiger partial charge in [0.1, 0.15) is 6.10 Å². The van der Waals surface area contributed by atoms with Crippen molar-refractivity contribution in [3.8, 4) is 0 Å². The van der Waals surface area contributed by atoms with E-state index in [4.69, 9.17) is 4.74 Å². The third kappa shape index (κ3) is 2.25. The molecule has 0 aromatic rings. The first-order valence-corrected chi connectivity index (χ1v) is 4.81. The van der Waals surface area contributed by atoms with Crippen LogP contribution in [-0.2, 0) is 9.53 Å². The van der Waals surface area contributed by atoms with Crippen molar-refractivity contribution in [2.45, 2.75) is 25.0 Å². The minimum atomic E-state index is -1.53. The van der Waals surface area contributed by atoms with E-state index < -0.39 is 11.7 Å². The highest BCUT2D eigenvalue weighted by Gasteiger charge is 2.39. The number of carbonyl (C=O) groups excluding carboxylic acids is 1. The second-order valence-corrected chi connectivity index (χ2v) is 3.61. The molecular formula is C12H16O3. The summed E-state index contributed by atoms with van der Waals surface area (Å²) in [4.78, 5) is 11.3. The van der Waals surface area contributed by atoms with Gasteiger partial charge in [-0.25, -0.2) is 0 Å². The third-order valence-electron chi connectivity index (χ3n) is 2.55. The number of methoxy groups -OCH3 is 1. The molecule has 0 aromatic heterocycles. The molecule has 15 heavy (non-hydrogen) atoms. The maximum atomic E-state index is 11.3. The van der Waals surface area contributed by atoms with Crippen molar-refractivity contribution in [3.05, 3.63) is 36.5 Å². The molecule has 3 heteroatoms. The van der Waals surface area contributed by atoms with Crippen LogP contribution in [0.4, 0.5) is 0 Å². The standard InChI is InChI=1S/C12H16O3/c1-4-5-10-6-7-12(14,9(2)13)11(8-10)15-3/h4,6-8,11,14H,1,5H2,2-3H3. The van der Waals surface area contributed by atoms with Gasteiger partial charge in [-0.15, -0.1) is 6.58 Å². The van der Waals surface area contributed by atoms with Gasteiger partial charge in [-0.05, 0) is 31.1 Å². The molecular weight excluding hydrogens is 192 g/mol. The molecule has 2 unspecified atom stereocenters. The summed E-state index contributed by atoms with van der Waals surface area (Å²) in [5.74, 6) is -0.320. The number of ether oxygens (including phenoxy) is 1. The highest BCUT2D eigenvalue weighted by molar-refractivity contribution is 5.88. The van der Waals surface area contributed by atoms with Gasteiger partial charge in [-0.1, -0.05) is 12.2 Å². The zero-order valence-electron chi connectivity index (χ0n) is 9.06. The maximum absolute atomic E-state index is 11.3. The van der Waals surface area contributed by atoms with Crippen LogP contribution in [0.25, 0.3) is 0 Å². The molecule has 3 nitrogen and oxygen atoms in total. The van der Waals surface area contributed by atoms with Crippen LogP contribution in [0.5, 0.6) is 0 Å².